The van der Waals surface area contributed by atoms with Gasteiger partial charge in [-0.2, -0.15) is 0 Å². The zero-order chi connectivity index (χ0) is 14.4. The number of aliphatic carboxylic acids is 1. The van der Waals surface area contributed by atoms with Gasteiger partial charge in [-0.25, -0.2) is 4.79 Å². The van der Waals surface area contributed by atoms with Crippen molar-refractivity contribution in [3.8, 4) is 0 Å². The van der Waals surface area contributed by atoms with Crippen LogP contribution in [0, 0.1) is 0 Å². The first-order chi connectivity index (χ1) is 8.43. The predicted octanol–water partition coefficient (Wildman–Crippen LogP) is 1.38. The molecule has 0 saturated carbocycles. The number of halogens is 1. The third-order valence-electron chi connectivity index (χ3n) is 1.60. The number of carboxylic acid groups (broad SMARTS) is 1. The summed E-state index contributed by atoms with van der Waals surface area (Å²) in [7, 11) is 4.02. The molecule has 0 heterocycles. The van der Waals surface area contributed by atoms with Crippen LogP contribution in [0.1, 0.15) is 19.8 Å². The van der Waals surface area contributed by atoms with Crippen LogP contribution in [0.5, 0.6) is 0 Å². The lowest BCUT2D eigenvalue weighted by molar-refractivity contribution is -0.134. The van der Waals surface area contributed by atoms with Gasteiger partial charge in [0.2, 0.25) is 0 Å². The summed E-state index contributed by atoms with van der Waals surface area (Å²) in [5.41, 5.74) is 0. The smallest absolute Gasteiger partial charge is 0.407 e. The van der Waals surface area contributed by atoms with Gasteiger partial charge in [0.15, 0.2) is 0 Å². The number of nitrogens with zero attached hydrogens (tertiary/aromatic N) is 1. The average Bonchev–Trinajstić information content (AvgIpc) is 2.32. The fourth-order valence-electron chi connectivity index (χ4n) is 0.832. The Kier molecular flexibility index (Phi) is 15.1. The summed E-state index contributed by atoms with van der Waals surface area (Å²) >= 11 is 4.74. The van der Waals surface area contributed by atoms with Gasteiger partial charge in [0, 0.05) is 6.54 Å². The molecule has 0 saturated heterocycles. The molecule has 0 aromatic rings. The maximum absolute atomic E-state index is 10.9. The Labute approximate surface area is 113 Å². The van der Waals surface area contributed by atoms with Crippen molar-refractivity contribution in [1.29, 1.82) is 0 Å². The highest BCUT2D eigenvalue weighted by Crippen LogP contribution is 1.84. The summed E-state index contributed by atoms with van der Waals surface area (Å²) in [6.45, 7) is 4.13. The highest BCUT2D eigenvalue weighted by atomic mass is 35.5. The molecule has 2 N–H and O–H groups in total. The minimum Gasteiger partial charge on any atom is -0.480 e. The normalized spacial score (nSPS) is 9.39. The molecule has 0 unspecified atom stereocenters. The predicted molar refractivity (Wildman–Crippen MR) is 71.2 cm³/mol. The monoisotopic (exact) mass is 282 g/mol. The number of carboxylic acids is 1. The van der Waals surface area contributed by atoms with Crippen LogP contribution in [-0.4, -0.2) is 61.7 Å². The van der Waals surface area contributed by atoms with Gasteiger partial charge in [-0.1, -0.05) is 6.92 Å². The van der Waals surface area contributed by atoms with Crippen LogP contribution < -0.4 is 5.32 Å². The second kappa shape index (κ2) is 14.1. The minimum absolute atomic E-state index is 0.305. The van der Waals surface area contributed by atoms with Crippen molar-refractivity contribution in [2.75, 3.05) is 39.7 Å². The van der Waals surface area contributed by atoms with Gasteiger partial charge < -0.3 is 20.1 Å². The summed E-state index contributed by atoms with van der Waals surface area (Å²) in [5, 5.41) is 10.3. The molecule has 0 rings (SSSR count). The lowest BCUT2D eigenvalue weighted by Gasteiger charge is -2.09. The summed E-state index contributed by atoms with van der Waals surface area (Å²) in [4.78, 5) is 22.2. The summed E-state index contributed by atoms with van der Waals surface area (Å²) in [6.07, 6.45) is 1.51. The molecule has 0 aromatic carbocycles. The van der Waals surface area contributed by atoms with E-state index < -0.39 is 5.97 Å². The third-order valence-corrected chi connectivity index (χ3v) is 1.83. The van der Waals surface area contributed by atoms with Gasteiger partial charge in [-0.15, -0.1) is 11.6 Å². The van der Waals surface area contributed by atoms with Crippen LogP contribution in [0.2, 0.25) is 0 Å². The highest BCUT2D eigenvalue weighted by molar-refractivity contribution is 6.26. The highest BCUT2D eigenvalue weighted by Gasteiger charge is 1.98. The van der Waals surface area contributed by atoms with Crippen molar-refractivity contribution < 1.29 is 19.4 Å². The molecule has 0 bridgehead atoms. The van der Waals surface area contributed by atoms with Crippen LogP contribution in [-0.2, 0) is 9.53 Å². The largest absolute Gasteiger partial charge is 0.480 e. The topological polar surface area (TPSA) is 78.9 Å². The average molecular weight is 283 g/mol. The molecule has 6 nitrogen and oxygen atoms in total. The van der Waals surface area contributed by atoms with Gasteiger partial charge in [0.1, 0.15) is 5.88 Å². The zero-order valence-electron chi connectivity index (χ0n) is 11.2. The number of rotatable bonds is 7. The SMILES string of the molecule is CCCOC(=O)NCCCN(C)C.O=C(O)CCl. The second-order valence-electron chi connectivity index (χ2n) is 3.75. The lowest BCUT2D eigenvalue weighted by atomic mass is 10.4. The molecule has 0 fully saturated rings. The third kappa shape index (κ3) is 20.4. The standard InChI is InChI=1S/C9H20N2O2.C2H3ClO2/c1-4-8-13-9(12)10-6-5-7-11(2)3;3-1-2(4)5/h4-8H2,1-3H3,(H,10,12);1H2,(H,4,5). The molecule has 108 valence electrons. The van der Waals surface area contributed by atoms with E-state index in [4.69, 9.17) is 21.4 Å². The van der Waals surface area contributed by atoms with Crippen molar-refractivity contribution in [1.82, 2.24) is 10.2 Å². The maximum atomic E-state index is 10.9. The molecule has 7 heteroatoms. The number of carbonyl (C=O) groups is 2. The van der Waals surface area contributed by atoms with Crippen LogP contribution in [0.25, 0.3) is 0 Å². The number of hydrogen-bond acceptors (Lipinski definition) is 4. The second-order valence-corrected chi connectivity index (χ2v) is 4.01. The molecule has 0 spiro atoms. The Balaban J connectivity index is 0. The van der Waals surface area contributed by atoms with Gasteiger partial charge in [0.25, 0.3) is 0 Å². The first kappa shape index (κ1) is 19.3. The molecule has 0 atom stereocenters. The molecular weight excluding hydrogens is 260 g/mol. The van der Waals surface area contributed by atoms with Crippen molar-refractivity contribution in [2.45, 2.75) is 19.8 Å². The Bertz CT molecular complexity index is 225. The van der Waals surface area contributed by atoms with Gasteiger partial charge >= 0.3 is 12.1 Å². The number of alkyl halides is 1. The van der Waals surface area contributed by atoms with Gasteiger partial charge in [0.05, 0.1) is 6.61 Å². The molecule has 18 heavy (non-hydrogen) atoms. The van der Waals surface area contributed by atoms with Crippen LogP contribution in [0.3, 0.4) is 0 Å². The number of carbonyl (C=O) groups excluding carboxylic acids is 1. The fraction of sp³-hybridized carbons (Fsp3) is 0.818. The molecular formula is C11H23ClN2O4. The molecule has 0 aromatic heterocycles. The van der Waals surface area contributed by atoms with E-state index in [1.807, 2.05) is 21.0 Å². The van der Waals surface area contributed by atoms with E-state index in [0.717, 1.165) is 19.4 Å². The summed E-state index contributed by atoms with van der Waals surface area (Å²) in [6, 6.07) is 0. The number of nitrogens with one attached hydrogen (secondary N) is 1. The molecule has 0 aliphatic rings. The quantitative estimate of drug-likeness (QED) is 0.545. The number of ether oxygens (including phenoxy) is 1. The van der Waals surface area contributed by atoms with E-state index >= 15 is 0 Å². The Morgan fingerprint density at radius 3 is 2.33 bits per heavy atom. The molecule has 0 aliphatic carbocycles. The van der Waals surface area contributed by atoms with E-state index in [-0.39, 0.29) is 12.0 Å². The number of amides is 1. The lowest BCUT2D eigenvalue weighted by Crippen LogP contribution is -2.27. The van der Waals surface area contributed by atoms with Crippen LogP contribution in [0.15, 0.2) is 0 Å². The number of alkyl carbamates (subject to hydrolysis) is 1. The van der Waals surface area contributed by atoms with E-state index in [0.29, 0.717) is 13.2 Å². The molecule has 1 amide bonds. The van der Waals surface area contributed by atoms with Crippen molar-refractivity contribution in [3.05, 3.63) is 0 Å². The number of hydrogen-bond donors (Lipinski definition) is 2. The Hall–Kier alpha value is -1.01. The first-order valence-corrected chi connectivity index (χ1v) is 6.30. The fourth-order valence-corrected chi connectivity index (χ4v) is 0.832. The maximum Gasteiger partial charge on any atom is 0.407 e. The first-order valence-electron chi connectivity index (χ1n) is 5.77. The summed E-state index contributed by atoms with van der Waals surface area (Å²) < 4.78 is 4.83. The molecule has 0 radical (unpaired) electrons. The van der Waals surface area contributed by atoms with Crippen LogP contribution >= 0.6 is 11.6 Å². The van der Waals surface area contributed by atoms with Crippen molar-refractivity contribution >= 4 is 23.7 Å². The van der Waals surface area contributed by atoms with E-state index in [9.17, 15) is 9.59 Å². The van der Waals surface area contributed by atoms with E-state index in [1.165, 1.54) is 0 Å². The summed E-state index contributed by atoms with van der Waals surface area (Å²) in [5.74, 6) is -1.29. The van der Waals surface area contributed by atoms with E-state index in [2.05, 4.69) is 10.2 Å². The molecule has 0 aliphatic heterocycles. The zero-order valence-corrected chi connectivity index (χ0v) is 12.0. The minimum atomic E-state index is -0.980. The Morgan fingerprint density at radius 1 is 1.39 bits per heavy atom. The van der Waals surface area contributed by atoms with Crippen molar-refractivity contribution in [3.63, 3.8) is 0 Å². The van der Waals surface area contributed by atoms with Crippen molar-refractivity contribution in [2.24, 2.45) is 0 Å². The van der Waals surface area contributed by atoms with Gasteiger partial charge in [-0.3, -0.25) is 4.79 Å². The Morgan fingerprint density at radius 2 is 1.94 bits per heavy atom. The van der Waals surface area contributed by atoms with E-state index in [1.54, 1.807) is 0 Å². The van der Waals surface area contributed by atoms with Gasteiger partial charge in [-0.05, 0) is 33.5 Å². The van der Waals surface area contributed by atoms with Crippen LogP contribution in [0.4, 0.5) is 4.79 Å².